The fraction of sp³-hybridized carbons (Fsp3) is 0.231. The summed E-state index contributed by atoms with van der Waals surface area (Å²) in [5, 5.41) is 3.52. The number of aryl methyl sites for hydroxylation is 2. The first-order chi connectivity index (χ1) is 15.4. The molecule has 0 bridgehead atoms. The van der Waals surface area contributed by atoms with Crippen LogP contribution in [-0.4, -0.2) is 29.9 Å². The summed E-state index contributed by atoms with van der Waals surface area (Å²) in [6, 6.07) is 20.5. The van der Waals surface area contributed by atoms with Gasteiger partial charge in [0.1, 0.15) is 0 Å². The lowest BCUT2D eigenvalue weighted by Crippen LogP contribution is -2.49. The monoisotopic (exact) mass is 447 g/mol. The van der Waals surface area contributed by atoms with Gasteiger partial charge in [-0.2, -0.15) is 0 Å². The van der Waals surface area contributed by atoms with E-state index in [9.17, 15) is 9.59 Å². The first-order valence-corrected chi connectivity index (χ1v) is 11.1. The van der Waals surface area contributed by atoms with Crippen LogP contribution in [0.4, 0.5) is 16.2 Å². The average molecular weight is 448 g/mol. The minimum atomic E-state index is -0.245. The highest BCUT2D eigenvalue weighted by atomic mass is 35.5. The second-order valence-corrected chi connectivity index (χ2v) is 8.62. The van der Waals surface area contributed by atoms with Crippen molar-refractivity contribution >= 4 is 34.9 Å². The van der Waals surface area contributed by atoms with Gasteiger partial charge in [0, 0.05) is 30.2 Å². The minimum Gasteiger partial charge on any atom is -0.320 e. The maximum absolute atomic E-state index is 13.4. The number of carbonyl (C=O) groups excluding carboxylic acids is 2. The molecule has 0 spiro atoms. The number of nitrogens with one attached hydrogen (secondary N) is 1. The van der Waals surface area contributed by atoms with Gasteiger partial charge in [0.25, 0.3) is 5.91 Å². The smallest absolute Gasteiger partial charge is 0.320 e. The molecule has 6 heteroatoms. The van der Waals surface area contributed by atoms with Crippen molar-refractivity contribution in [2.24, 2.45) is 0 Å². The summed E-state index contributed by atoms with van der Waals surface area (Å²) in [6.45, 7) is 6.02. The van der Waals surface area contributed by atoms with E-state index in [1.165, 1.54) is 11.1 Å². The predicted molar refractivity (Wildman–Crippen MR) is 130 cm³/mol. The number of amides is 3. The summed E-state index contributed by atoms with van der Waals surface area (Å²) in [7, 11) is 0. The Morgan fingerprint density at radius 1 is 0.969 bits per heavy atom. The van der Waals surface area contributed by atoms with Crippen molar-refractivity contribution in [3.63, 3.8) is 0 Å². The largest absolute Gasteiger partial charge is 0.324 e. The van der Waals surface area contributed by atoms with Crippen LogP contribution in [0.5, 0.6) is 0 Å². The van der Waals surface area contributed by atoms with Gasteiger partial charge in [0.2, 0.25) is 0 Å². The number of para-hydroxylation sites is 2. The van der Waals surface area contributed by atoms with Crippen molar-refractivity contribution in [1.29, 1.82) is 0 Å². The molecule has 3 aromatic rings. The molecule has 1 N–H and O–H groups in total. The molecule has 5 nitrogen and oxygen atoms in total. The van der Waals surface area contributed by atoms with E-state index in [2.05, 4.69) is 37.4 Å². The molecule has 1 aliphatic rings. The molecule has 0 aliphatic carbocycles. The van der Waals surface area contributed by atoms with Crippen molar-refractivity contribution in [3.8, 4) is 0 Å². The Balaban J connectivity index is 1.54. The van der Waals surface area contributed by atoms with E-state index < -0.39 is 0 Å². The average Bonchev–Trinajstić information content (AvgIpc) is 2.75. The first-order valence-electron chi connectivity index (χ1n) is 10.7. The SMILES string of the molecule is Cc1cc(C)cc(CN2CCCN(c3ccccc3NC(=O)c3ccc(Cl)cc3)C2=O)c1. The van der Waals surface area contributed by atoms with E-state index in [-0.39, 0.29) is 11.9 Å². The van der Waals surface area contributed by atoms with Gasteiger partial charge in [-0.15, -0.1) is 0 Å². The van der Waals surface area contributed by atoms with Crippen LogP contribution in [-0.2, 0) is 6.54 Å². The molecular formula is C26H26ClN3O2. The number of rotatable bonds is 5. The topological polar surface area (TPSA) is 52.6 Å². The fourth-order valence-electron chi connectivity index (χ4n) is 4.14. The van der Waals surface area contributed by atoms with Crippen LogP contribution in [0.15, 0.2) is 66.7 Å². The van der Waals surface area contributed by atoms with Gasteiger partial charge in [-0.1, -0.05) is 53.1 Å². The van der Waals surface area contributed by atoms with Gasteiger partial charge in [0.05, 0.1) is 11.4 Å². The number of carbonyl (C=O) groups is 2. The molecule has 1 aliphatic heterocycles. The van der Waals surface area contributed by atoms with Gasteiger partial charge >= 0.3 is 6.03 Å². The number of benzene rings is 3. The van der Waals surface area contributed by atoms with Crippen LogP contribution in [0.3, 0.4) is 0 Å². The number of urea groups is 1. The normalized spacial score (nSPS) is 13.9. The summed E-state index contributed by atoms with van der Waals surface area (Å²) in [4.78, 5) is 29.7. The van der Waals surface area contributed by atoms with E-state index in [1.807, 2.05) is 29.2 Å². The van der Waals surface area contributed by atoms with Gasteiger partial charge in [-0.25, -0.2) is 4.79 Å². The number of hydrogen-bond acceptors (Lipinski definition) is 2. The zero-order valence-electron chi connectivity index (χ0n) is 18.3. The third kappa shape index (κ3) is 4.94. The van der Waals surface area contributed by atoms with Crippen LogP contribution in [0.1, 0.15) is 33.5 Å². The number of halogens is 1. The summed E-state index contributed by atoms with van der Waals surface area (Å²) >= 11 is 5.93. The quantitative estimate of drug-likeness (QED) is 0.518. The van der Waals surface area contributed by atoms with Crippen LogP contribution in [0, 0.1) is 13.8 Å². The third-order valence-electron chi connectivity index (χ3n) is 5.52. The minimum absolute atomic E-state index is 0.0522. The van der Waals surface area contributed by atoms with Gasteiger partial charge < -0.3 is 10.2 Å². The summed E-state index contributed by atoms with van der Waals surface area (Å²) < 4.78 is 0. The van der Waals surface area contributed by atoms with Gasteiger partial charge in [0.15, 0.2) is 0 Å². The van der Waals surface area contributed by atoms with E-state index in [0.717, 1.165) is 12.0 Å². The maximum atomic E-state index is 13.4. The molecule has 0 saturated carbocycles. The van der Waals surface area contributed by atoms with Gasteiger partial charge in [-0.3, -0.25) is 9.69 Å². The zero-order chi connectivity index (χ0) is 22.7. The Kier molecular flexibility index (Phi) is 6.47. The maximum Gasteiger partial charge on any atom is 0.324 e. The van der Waals surface area contributed by atoms with Crippen LogP contribution in [0.2, 0.25) is 5.02 Å². The summed E-state index contributed by atoms with van der Waals surface area (Å²) in [5.41, 5.74) is 5.32. The molecule has 3 aromatic carbocycles. The molecule has 1 fully saturated rings. The first kappa shape index (κ1) is 21.9. The van der Waals surface area contributed by atoms with E-state index >= 15 is 0 Å². The highest BCUT2D eigenvalue weighted by molar-refractivity contribution is 6.30. The Morgan fingerprint density at radius 3 is 2.38 bits per heavy atom. The number of hydrogen-bond donors (Lipinski definition) is 1. The van der Waals surface area contributed by atoms with Gasteiger partial charge in [-0.05, 0) is 62.2 Å². The Hall–Kier alpha value is -3.31. The standard InChI is InChI=1S/C26H26ClN3O2/c1-18-14-19(2)16-20(15-18)17-29-12-5-13-30(26(29)32)24-7-4-3-6-23(24)28-25(31)21-8-10-22(27)11-9-21/h3-4,6-11,14-16H,5,12-13,17H2,1-2H3,(H,28,31). The molecule has 32 heavy (non-hydrogen) atoms. The molecule has 4 rings (SSSR count). The molecule has 0 unspecified atom stereocenters. The predicted octanol–water partition coefficient (Wildman–Crippen LogP) is 6.04. The van der Waals surface area contributed by atoms with Crippen molar-refractivity contribution in [3.05, 3.63) is 94.0 Å². The third-order valence-corrected chi connectivity index (χ3v) is 5.77. The molecular weight excluding hydrogens is 422 g/mol. The molecule has 164 valence electrons. The lowest BCUT2D eigenvalue weighted by Gasteiger charge is -2.36. The van der Waals surface area contributed by atoms with Crippen molar-refractivity contribution < 1.29 is 9.59 Å². The van der Waals surface area contributed by atoms with Crippen molar-refractivity contribution in [2.45, 2.75) is 26.8 Å². The second kappa shape index (κ2) is 9.45. The van der Waals surface area contributed by atoms with Crippen LogP contribution >= 0.6 is 11.6 Å². The molecule has 0 radical (unpaired) electrons. The lowest BCUT2D eigenvalue weighted by molar-refractivity contribution is 0.102. The van der Waals surface area contributed by atoms with Crippen LogP contribution < -0.4 is 10.2 Å². The highest BCUT2D eigenvalue weighted by Gasteiger charge is 2.28. The van der Waals surface area contributed by atoms with E-state index in [1.54, 1.807) is 29.2 Å². The fourth-order valence-corrected chi connectivity index (χ4v) is 4.27. The van der Waals surface area contributed by atoms with Crippen LogP contribution in [0.25, 0.3) is 0 Å². The molecule has 0 atom stereocenters. The Bertz CT molecular complexity index is 1120. The second-order valence-electron chi connectivity index (χ2n) is 8.18. The summed E-state index contributed by atoms with van der Waals surface area (Å²) in [5.74, 6) is -0.245. The number of nitrogens with zero attached hydrogens (tertiary/aromatic N) is 2. The lowest BCUT2D eigenvalue weighted by atomic mass is 10.1. The highest BCUT2D eigenvalue weighted by Crippen LogP contribution is 2.30. The number of anilines is 2. The molecule has 1 heterocycles. The van der Waals surface area contributed by atoms with E-state index in [4.69, 9.17) is 11.6 Å². The summed E-state index contributed by atoms with van der Waals surface area (Å²) in [6.07, 6.45) is 0.857. The zero-order valence-corrected chi connectivity index (χ0v) is 19.0. The Labute approximate surface area is 193 Å². The molecule has 0 aromatic heterocycles. The van der Waals surface area contributed by atoms with Crippen molar-refractivity contribution in [1.82, 2.24) is 4.90 Å². The Morgan fingerprint density at radius 2 is 1.66 bits per heavy atom. The van der Waals surface area contributed by atoms with E-state index in [0.29, 0.717) is 41.6 Å². The molecule has 1 saturated heterocycles. The van der Waals surface area contributed by atoms with Crippen molar-refractivity contribution in [2.75, 3.05) is 23.3 Å². The molecule has 3 amide bonds.